The fraction of sp³-hybridized carbons (Fsp3) is 0.250. The third-order valence-corrected chi connectivity index (χ3v) is 3.70. The Morgan fingerprint density at radius 3 is 2.38 bits per heavy atom. The molecule has 0 aliphatic rings. The number of carboxylic acid groups (broad SMARTS) is 1. The predicted octanol–water partition coefficient (Wildman–Crippen LogP) is 4.70. The van der Waals surface area contributed by atoms with Gasteiger partial charge in [0.15, 0.2) is 0 Å². The van der Waals surface area contributed by atoms with E-state index in [0.29, 0.717) is 17.9 Å². The number of alkyl halides is 3. The van der Waals surface area contributed by atoms with Gasteiger partial charge in [0.1, 0.15) is 12.4 Å². The van der Waals surface area contributed by atoms with Crippen molar-refractivity contribution in [2.45, 2.75) is 32.0 Å². The number of aliphatic carboxylic acids is 1. The number of hydrogen-bond donors (Lipinski definition) is 1. The van der Waals surface area contributed by atoms with Crippen LogP contribution in [0, 0.1) is 18.8 Å². The van der Waals surface area contributed by atoms with Crippen LogP contribution >= 0.6 is 0 Å². The summed E-state index contributed by atoms with van der Waals surface area (Å²) in [5.41, 5.74) is 2.51. The van der Waals surface area contributed by atoms with Crippen LogP contribution in [-0.2, 0) is 11.4 Å². The summed E-state index contributed by atoms with van der Waals surface area (Å²) < 4.78 is 42.5. The molecule has 0 bridgehead atoms. The van der Waals surface area contributed by atoms with Crippen LogP contribution in [0.3, 0.4) is 0 Å². The van der Waals surface area contributed by atoms with Crippen molar-refractivity contribution in [1.29, 1.82) is 0 Å². The van der Waals surface area contributed by atoms with Crippen molar-refractivity contribution in [2.75, 3.05) is 0 Å². The van der Waals surface area contributed by atoms with Gasteiger partial charge in [-0.15, -0.1) is 0 Å². The maximum Gasteiger partial charge on any atom is 0.457 e. The number of carbonyl (C=O) groups is 1. The van der Waals surface area contributed by atoms with E-state index in [1.54, 1.807) is 12.1 Å². The lowest BCUT2D eigenvalue weighted by molar-refractivity contribution is -0.137. The first-order valence-corrected chi connectivity index (χ1v) is 7.83. The molecule has 0 fully saturated rings. The molecule has 136 valence electrons. The van der Waals surface area contributed by atoms with Gasteiger partial charge in [0, 0.05) is 5.92 Å². The first kappa shape index (κ1) is 19.4. The van der Waals surface area contributed by atoms with Gasteiger partial charge in [-0.3, -0.25) is 4.79 Å². The van der Waals surface area contributed by atoms with E-state index in [0.717, 1.165) is 17.0 Å². The van der Waals surface area contributed by atoms with Gasteiger partial charge in [-0.1, -0.05) is 42.3 Å². The Hall–Kier alpha value is -2.94. The van der Waals surface area contributed by atoms with Gasteiger partial charge >= 0.3 is 12.1 Å². The van der Waals surface area contributed by atoms with E-state index < -0.39 is 24.5 Å². The minimum absolute atomic E-state index is 0.360. The zero-order chi connectivity index (χ0) is 19.2. The van der Waals surface area contributed by atoms with Crippen LogP contribution in [-0.4, -0.2) is 17.3 Å². The lowest BCUT2D eigenvalue weighted by Crippen LogP contribution is -2.07. The number of carboxylic acids is 1. The van der Waals surface area contributed by atoms with E-state index >= 15 is 0 Å². The van der Waals surface area contributed by atoms with E-state index in [-0.39, 0.29) is 0 Å². The highest BCUT2D eigenvalue weighted by atomic mass is 19.4. The van der Waals surface area contributed by atoms with Crippen LogP contribution in [0.1, 0.15) is 29.0 Å². The monoisotopic (exact) mass is 362 g/mol. The zero-order valence-corrected chi connectivity index (χ0v) is 14.0. The molecular weight excluding hydrogens is 345 g/mol. The highest BCUT2D eigenvalue weighted by Gasteiger charge is 2.24. The van der Waals surface area contributed by atoms with Gasteiger partial charge in [0.25, 0.3) is 0 Å². The van der Waals surface area contributed by atoms with E-state index in [1.807, 2.05) is 37.1 Å². The highest BCUT2D eigenvalue weighted by molar-refractivity contribution is 5.69. The normalized spacial score (nSPS) is 12.0. The second kappa shape index (κ2) is 8.43. The summed E-state index contributed by atoms with van der Waals surface area (Å²) in [4.78, 5) is 10.9. The number of rotatable bonds is 6. The minimum Gasteiger partial charge on any atom is -0.489 e. The molecule has 26 heavy (non-hydrogen) atoms. The maximum absolute atomic E-state index is 12.3. The Balaban J connectivity index is 2.10. The van der Waals surface area contributed by atoms with Crippen molar-refractivity contribution >= 4 is 5.97 Å². The largest absolute Gasteiger partial charge is 0.489 e. The molecule has 0 heterocycles. The topological polar surface area (TPSA) is 46.5 Å². The second-order valence-electron chi connectivity index (χ2n) is 5.70. The summed E-state index contributed by atoms with van der Waals surface area (Å²) in [5.74, 6) is 1.42. The third-order valence-electron chi connectivity index (χ3n) is 3.70. The average Bonchev–Trinajstić information content (AvgIpc) is 2.57. The maximum atomic E-state index is 12.3. The van der Waals surface area contributed by atoms with Crippen molar-refractivity contribution in [2.24, 2.45) is 0 Å². The summed E-state index contributed by atoms with van der Waals surface area (Å²) in [7, 11) is 0. The van der Waals surface area contributed by atoms with Crippen LogP contribution < -0.4 is 4.74 Å². The molecule has 1 unspecified atom stereocenters. The van der Waals surface area contributed by atoms with Crippen molar-refractivity contribution in [1.82, 2.24) is 0 Å². The van der Waals surface area contributed by atoms with Gasteiger partial charge in [-0.2, -0.15) is 13.2 Å². The molecule has 0 aliphatic carbocycles. The van der Waals surface area contributed by atoms with E-state index in [4.69, 9.17) is 9.84 Å². The van der Waals surface area contributed by atoms with Crippen molar-refractivity contribution in [3.8, 4) is 17.6 Å². The minimum atomic E-state index is -4.66. The van der Waals surface area contributed by atoms with Crippen LogP contribution in [0.5, 0.6) is 5.75 Å². The highest BCUT2D eigenvalue weighted by Crippen LogP contribution is 2.24. The molecule has 0 radical (unpaired) electrons. The molecule has 1 atom stereocenters. The molecule has 0 aliphatic heterocycles. The molecular formula is C20H17F3O3. The zero-order valence-electron chi connectivity index (χ0n) is 14.0. The van der Waals surface area contributed by atoms with Crippen molar-refractivity contribution in [3.63, 3.8) is 0 Å². The first-order valence-electron chi connectivity index (χ1n) is 7.83. The summed E-state index contributed by atoms with van der Waals surface area (Å²) in [6.45, 7) is 2.33. The molecule has 0 aromatic heterocycles. The van der Waals surface area contributed by atoms with E-state index in [9.17, 15) is 18.0 Å². The third kappa shape index (κ3) is 6.17. The molecule has 3 nitrogen and oxygen atoms in total. The van der Waals surface area contributed by atoms with Crippen molar-refractivity contribution in [3.05, 3.63) is 65.2 Å². The molecule has 2 rings (SSSR count). The summed E-state index contributed by atoms with van der Waals surface area (Å²) >= 11 is 0. The lowest BCUT2D eigenvalue weighted by Gasteiger charge is -2.12. The van der Waals surface area contributed by atoms with Gasteiger partial charge in [-0.25, -0.2) is 0 Å². The molecule has 0 saturated carbocycles. The average molecular weight is 362 g/mol. The quantitative estimate of drug-likeness (QED) is 0.758. The van der Waals surface area contributed by atoms with Crippen molar-refractivity contribution < 1.29 is 27.8 Å². The standard InChI is InChI=1S/C20H17F3O3/c1-14-4-2-3-5-17(14)13-26-18-8-6-15(7-9-18)16(12-19(24)25)10-11-20(21,22)23/h2-9,16H,12-13H2,1H3,(H,24,25). The van der Waals surface area contributed by atoms with Crippen LogP contribution in [0.25, 0.3) is 0 Å². The fourth-order valence-electron chi connectivity index (χ4n) is 2.33. The molecule has 6 heteroatoms. The Labute approximate surface area is 149 Å². The number of aryl methyl sites for hydroxylation is 1. The molecule has 0 amide bonds. The molecule has 2 aromatic rings. The number of ether oxygens (including phenoxy) is 1. The molecule has 0 saturated heterocycles. The van der Waals surface area contributed by atoms with Crippen LogP contribution in [0.2, 0.25) is 0 Å². The van der Waals surface area contributed by atoms with Gasteiger partial charge in [0.05, 0.1) is 12.3 Å². The van der Waals surface area contributed by atoms with Gasteiger partial charge < -0.3 is 9.84 Å². The second-order valence-corrected chi connectivity index (χ2v) is 5.70. The SMILES string of the molecule is Cc1ccccc1COc1ccc(C(C#CC(F)(F)F)CC(=O)O)cc1. The Bertz CT molecular complexity index is 815. The summed E-state index contributed by atoms with van der Waals surface area (Å²) in [5, 5.41) is 8.89. The summed E-state index contributed by atoms with van der Waals surface area (Å²) in [6.07, 6.45) is -5.17. The van der Waals surface area contributed by atoms with Gasteiger partial charge in [-0.05, 0) is 35.7 Å². The summed E-state index contributed by atoms with van der Waals surface area (Å²) in [6, 6.07) is 14.0. The number of hydrogen-bond acceptors (Lipinski definition) is 2. The fourth-order valence-corrected chi connectivity index (χ4v) is 2.33. The van der Waals surface area contributed by atoms with Crippen LogP contribution in [0.4, 0.5) is 13.2 Å². The first-order chi connectivity index (χ1) is 12.2. The Morgan fingerprint density at radius 2 is 1.81 bits per heavy atom. The Morgan fingerprint density at radius 1 is 1.15 bits per heavy atom. The predicted molar refractivity (Wildman–Crippen MR) is 90.8 cm³/mol. The lowest BCUT2D eigenvalue weighted by atomic mass is 9.96. The smallest absolute Gasteiger partial charge is 0.457 e. The molecule has 0 spiro atoms. The number of halogens is 3. The molecule has 1 N–H and O–H groups in total. The van der Waals surface area contributed by atoms with Gasteiger partial charge in [0.2, 0.25) is 0 Å². The van der Waals surface area contributed by atoms with Crippen LogP contribution in [0.15, 0.2) is 48.5 Å². The van der Waals surface area contributed by atoms with E-state index in [1.165, 1.54) is 12.1 Å². The molecule has 2 aromatic carbocycles. The van der Waals surface area contributed by atoms with E-state index in [2.05, 4.69) is 0 Å². The number of benzene rings is 2. The Kier molecular flexibility index (Phi) is 6.29.